The quantitative estimate of drug-likeness (QED) is 0.900. The number of halogens is 2. The number of rotatable bonds is 5. The molecule has 128 valence electrons. The van der Waals surface area contributed by atoms with Crippen LogP contribution in [0.4, 0.5) is 8.78 Å². The second-order valence-corrected chi connectivity index (χ2v) is 6.50. The van der Waals surface area contributed by atoms with E-state index >= 15 is 0 Å². The van der Waals surface area contributed by atoms with Crippen molar-refractivity contribution in [1.82, 2.24) is 10.2 Å². The Morgan fingerprint density at radius 1 is 1.25 bits per heavy atom. The summed E-state index contributed by atoms with van der Waals surface area (Å²) in [4.78, 5) is 15.6. The molecule has 2 heterocycles. The largest absolute Gasteiger partial charge is 0.379 e. The smallest absolute Gasteiger partial charge is 0.251 e. The Labute approximate surface area is 143 Å². The maximum Gasteiger partial charge on any atom is 0.251 e. The molecule has 2 aromatic rings. The van der Waals surface area contributed by atoms with Crippen molar-refractivity contribution in [2.24, 2.45) is 0 Å². The van der Waals surface area contributed by atoms with Crippen LogP contribution in [0, 0.1) is 11.6 Å². The first-order valence-electron chi connectivity index (χ1n) is 7.73. The second-order valence-electron chi connectivity index (χ2n) is 5.52. The number of ether oxygens (including phenoxy) is 1. The molecule has 1 aliphatic heterocycles. The van der Waals surface area contributed by atoms with Crippen LogP contribution in [0.15, 0.2) is 35.7 Å². The molecule has 0 saturated carbocycles. The van der Waals surface area contributed by atoms with Gasteiger partial charge in [-0.05, 0) is 29.6 Å². The van der Waals surface area contributed by atoms with Gasteiger partial charge in [-0.2, -0.15) is 0 Å². The summed E-state index contributed by atoms with van der Waals surface area (Å²) >= 11 is 1.63. The molecule has 0 aliphatic carbocycles. The maximum atomic E-state index is 13.3. The number of morpholine rings is 1. The van der Waals surface area contributed by atoms with Crippen molar-refractivity contribution in [3.8, 4) is 0 Å². The molecule has 4 nitrogen and oxygen atoms in total. The number of benzene rings is 1. The minimum absolute atomic E-state index is 0.0446. The summed E-state index contributed by atoms with van der Waals surface area (Å²) in [6, 6.07) is 7.22. The van der Waals surface area contributed by atoms with E-state index in [9.17, 15) is 13.6 Å². The lowest BCUT2D eigenvalue weighted by molar-refractivity contribution is 0.0169. The van der Waals surface area contributed by atoms with Gasteiger partial charge in [0.2, 0.25) is 0 Å². The fourth-order valence-corrected chi connectivity index (χ4v) is 3.57. The third-order valence-corrected chi connectivity index (χ3v) is 4.97. The van der Waals surface area contributed by atoms with Crippen LogP contribution < -0.4 is 5.32 Å². The van der Waals surface area contributed by atoms with E-state index in [0.717, 1.165) is 30.1 Å². The molecule has 0 spiro atoms. The maximum absolute atomic E-state index is 13.3. The Morgan fingerprint density at radius 2 is 2.04 bits per heavy atom. The molecule has 1 aromatic carbocycles. The third-order valence-electron chi connectivity index (χ3n) is 4.00. The van der Waals surface area contributed by atoms with Gasteiger partial charge in [-0.3, -0.25) is 9.69 Å². The molecule has 1 saturated heterocycles. The van der Waals surface area contributed by atoms with Gasteiger partial charge in [0, 0.05) is 30.1 Å². The van der Waals surface area contributed by atoms with Crippen molar-refractivity contribution in [3.05, 3.63) is 57.8 Å². The second kappa shape index (κ2) is 7.83. The Morgan fingerprint density at radius 3 is 2.71 bits per heavy atom. The Kier molecular flexibility index (Phi) is 5.55. The molecule has 1 unspecified atom stereocenters. The van der Waals surface area contributed by atoms with Gasteiger partial charge in [-0.1, -0.05) is 6.07 Å². The summed E-state index contributed by atoms with van der Waals surface area (Å²) in [7, 11) is 0. The molecule has 1 aliphatic rings. The Hall–Kier alpha value is -1.83. The average molecular weight is 352 g/mol. The normalized spacial score (nSPS) is 16.8. The van der Waals surface area contributed by atoms with Gasteiger partial charge in [0.05, 0.1) is 19.3 Å². The third kappa shape index (κ3) is 3.98. The average Bonchev–Trinajstić information content (AvgIpc) is 3.12. The molecule has 0 bridgehead atoms. The Balaban J connectivity index is 1.68. The summed E-state index contributed by atoms with van der Waals surface area (Å²) in [6.45, 7) is 3.32. The number of hydrogen-bond acceptors (Lipinski definition) is 4. The van der Waals surface area contributed by atoms with Gasteiger partial charge in [0.25, 0.3) is 5.91 Å². The number of thiophene rings is 1. The molecule has 1 amide bonds. The lowest BCUT2D eigenvalue weighted by Crippen LogP contribution is -2.43. The highest BCUT2D eigenvalue weighted by atomic mass is 32.1. The van der Waals surface area contributed by atoms with Crippen molar-refractivity contribution in [1.29, 1.82) is 0 Å². The number of carbonyl (C=O) groups excluding carboxylic acids is 1. The van der Waals surface area contributed by atoms with Gasteiger partial charge in [0.15, 0.2) is 11.6 Å². The van der Waals surface area contributed by atoms with Gasteiger partial charge < -0.3 is 10.1 Å². The molecule has 7 heteroatoms. The molecule has 1 atom stereocenters. The highest BCUT2D eigenvalue weighted by molar-refractivity contribution is 7.10. The summed E-state index contributed by atoms with van der Waals surface area (Å²) in [5, 5.41) is 4.83. The van der Waals surface area contributed by atoms with Crippen LogP contribution in [-0.2, 0) is 4.74 Å². The molecule has 0 radical (unpaired) electrons. The number of carbonyl (C=O) groups is 1. The summed E-state index contributed by atoms with van der Waals surface area (Å²) in [5.41, 5.74) is 0.112. The fraction of sp³-hybridized carbons (Fsp3) is 0.353. The van der Waals surface area contributed by atoms with E-state index in [0.29, 0.717) is 19.8 Å². The van der Waals surface area contributed by atoms with Crippen LogP contribution in [0.25, 0.3) is 0 Å². The molecular weight excluding hydrogens is 334 g/mol. The first-order chi connectivity index (χ1) is 11.6. The predicted octanol–water partition coefficient (Wildman–Crippen LogP) is 2.83. The van der Waals surface area contributed by atoms with Crippen LogP contribution >= 0.6 is 11.3 Å². The highest BCUT2D eigenvalue weighted by Gasteiger charge is 2.24. The minimum atomic E-state index is -1.02. The molecule has 3 rings (SSSR count). The van der Waals surface area contributed by atoms with Gasteiger partial charge in [-0.25, -0.2) is 8.78 Å². The van der Waals surface area contributed by atoms with E-state index in [-0.39, 0.29) is 11.6 Å². The summed E-state index contributed by atoms with van der Waals surface area (Å²) < 4.78 is 31.6. The monoisotopic (exact) mass is 352 g/mol. The van der Waals surface area contributed by atoms with E-state index < -0.39 is 17.5 Å². The molecular formula is C17H18F2N2O2S. The summed E-state index contributed by atoms with van der Waals surface area (Å²) in [6.07, 6.45) is 0. The first-order valence-corrected chi connectivity index (χ1v) is 8.61. The predicted molar refractivity (Wildman–Crippen MR) is 88.1 cm³/mol. The lowest BCUT2D eigenvalue weighted by atomic mass is 10.1. The lowest BCUT2D eigenvalue weighted by Gasteiger charge is -2.34. The van der Waals surface area contributed by atoms with Crippen molar-refractivity contribution in [2.75, 3.05) is 32.8 Å². The number of amides is 1. The number of nitrogens with one attached hydrogen (secondary N) is 1. The molecule has 1 N–H and O–H groups in total. The van der Waals surface area contributed by atoms with Crippen LogP contribution in [0.2, 0.25) is 0 Å². The van der Waals surface area contributed by atoms with E-state index in [2.05, 4.69) is 10.2 Å². The zero-order valence-electron chi connectivity index (χ0n) is 13.0. The van der Waals surface area contributed by atoms with Crippen molar-refractivity contribution in [3.63, 3.8) is 0 Å². The van der Waals surface area contributed by atoms with Crippen molar-refractivity contribution >= 4 is 17.2 Å². The van der Waals surface area contributed by atoms with Crippen LogP contribution in [0.5, 0.6) is 0 Å². The highest BCUT2D eigenvalue weighted by Crippen LogP contribution is 2.25. The zero-order valence-corrected chi connectivity index (χ0v) is 13.8. The van der Waals surface area contributed by atoms with E-state index in [4.69, 9.17) is 4.74 Å². The summed E-state index contributed by atoms with van der Waals surface area (Å²) in [5.74, 6) is -2.40. The number of nitrogens with zero attached hydrogens (tertiary/aromatic N) is 1. The topological polar surface area (TPSA) is 41.6 Å². The molecule has 1 aromatic heterocycles. The van der Waals surface area contributed by atoms with E-state index in [1.54, 1.807) is 11.3 Å². The van der Waals surface area contributed by atoms with Gasteiger partial charge in [-0.15, -0.1) is 11.3 Å². The van der Waals surface area contributed by atoms with Crippen molar-refractivity contribution in [2.45, 2.75) is 6.04 Å². The van der Waals surface area contributed by atoms with E-state index in [1.807, 2.05) is 17.5 Å². The van der Waals surface area contributed by atoms with Crippen LogP contribution in [-0.4, -0.2) is 43.7 Å². The van der Waals surface area contributed by atoms with Crippen LogP contribution in [0.1, 0.15) is 21.3 Å². The minimum Gasteiger partial charge on any atom is -0.379 e. The van der Waals surface area contributed by atoms with Gasteiger partial charge >= 0.3 is 0 Å². The SMILES string of the molecule is O=C(NCC(c1cccs1)N1CCOCC1)c1ccc(F)c(F)c1. The van der Waals surface area contributed by atoms with Crippen molar-refractivity contribution < 1.29 is 18.3 Å². The first kappa shape index (κ1) is 17.0. The zero-order chi connectivity index (χ0) is 16.9. The van der Waals surface area contributed by atoms with E-state index in [1.165, 1.54) is 6.07 Å². The fourth-order valence-electron chi connectivity index (χ4n) is 2.71. The number of hydrogen-bond donors (Lipinski definition) is 1. The standard InChI is InChI=1S/C17H18F2N2O2S/c18-13-4-3-12(10-14(13)19)17(22)20-11-15(16-2-1-9-24-16)21-5-7-23-8-6-21/h1-4,9-10,15H,5-8,11H2,(H,20,22). The Bertz CT molecular complexity index is 688. The molecule has 24 heavy (non-hydrogen) atoms. The van der Waals surface area contributed by atoms with Crippen LogP contribution in [0.3, 0.4) is 0 Å². The van der Waals surface area contributed by atoms with Gasteiger partial charge in [0.1, 0.15) is 0 Å². The molecule has 1 fully saturated rings.